The van der Waals surface area contributed by atoms with E-state index in [0.29, 0.717) is 0 Å². The Labute approximate surface area is 106 Å². The van der Waals surface area contributed by atoms with Crippen LogP contribution in [0.15, 0.2) is 0 Å². The maximum atomic E-state index is 12.2. The number of rotatable bonds is 0. The number of ether oxygens (including phenoxy) is 1. The van der Waals surface area contributed by atoms with Crippen molar-refractivity contribution < 1.29 is 9.53 Å². The number of carbonyl (C=O) groups is 1. The molecule has 0 aromatic heterocycles. The molecule has 0 aromatic rings. The lowest BCUT2D eigenvalue weighted by atomic mass is 9.73. The van der Waals surface area contributed by atoms with Gasteiger partial charge in [-0.1, -0.05) is 20.8 Å². The van der Waals surface area contributed by atoms with Crippen LogP contribution in [0.25, 0.3) is 0 Å². The van der Waals surface area contributed by atoms with Gasteiger partial charge in [0.05, 0.1) is 0 Å². The Morgan fingerprint density at radius 1 is 1.18 bits per heavy atom. The van der Waals surface area contributed by atoms with Crippen molar-refractivity contribution in [3.8, 4) is 0 Å². The van der Waals surface area contributed by atoms with Gasteiger partial charge in [0, 0.05) is 12.1 Å². The largest absolute Gasteiger partial charge is 0.444 e. The fourth-order valence-electron chi connectivity index (χ4n) is 2.35. The topological polar surface area (TPSA) is 29.5 Å². The molecule has 3 heteroatoms. The van der Waals surface area contributed by atoms with Gasteiger partial charge in [0.2, 0.25) is 0 Å². The molecule has 17 heavy (non-hydrogen) atoms. The summed E-state index contributed by atoms with van der Waals surface area (Å²) in [6.45, 7) is 15.3. The van der Waals surface area contributed by atoms with E-state index in [9.17, 15) is 4.79 Å². The smallest absolute Gasteiger partial charge is 0.410 e. The molecule has 1 heterocycles. The quantitative estimate of drug-likeness (QED) is 0.645. The molecule has 0 spiro atoms. The van der Waals surface area contributed by atoms with Crippen LogP contribution in [0.2, 0.25) is 0 Å². The fourth-order valence-corrected chi connectivity index (χ4v) is 2.35. The lowest BCUT2D eigenvalue weighted by Crippen LogP contribution is -2.54. The Morgan fingerprint density at radius 2 is 1.71 bits per heavy atom. The van der Waals surface area contributed by atoms with E-state index in [1.54, 1.807) is 0 Å². The van der Waals surface area contributed by atoms with Gasteiger partial charge < -0.3 is 9.64 Å². The summed E-state index contributed by atoms with van der Waals surface area (Å²) in [5.74, 6) is 0. The van der Waals surface area contributed by atoms with E-state index in [-0.39, 0.29) is 17.0 Å². The van der Waals surface area contributed by atoms with Crippen molar-refractivity contribution in [2.75, 3.05) is 6.54 Å². The molecule has 1 aliphatic heterocycles. The van der Waals surface area contributed by atoms with Gasteiger partial charge in [-0.3, -0.25) is 0 Å². The first-order chi connectivity index (χ1) is 7.47. The molecule has 1 saturated heterocycles. The molecule has 0 bridgehead atoms. The Hall–Kier alpha value is -0.730. The van der Waals surface area contributed by atoms with Crippen LogP contribution in [0, 0.1) is 5.41 Å². The first kappa shape index (κ1) is 14.3. The maximum absolute atomic E-state index is 12.2. The van der Waals surface area contributed by atoms with Crippen molar-refractivity contribution in [1.29, 1.82) is 0 Å². The number of hydrogen-bond acceptors (Lipinski definition) is 2. The van der Waals surface area contributed by atoms with Crippen molar-refractivity contribution in [2.24, 2.45) is 5.41 Å². The van der Waals surface area contributed by atoms with Crippen LogP contribution >= 0.6 is 0 Å². The Bertz CT molecular complexity index is 298. The summed E-state index contributed by atoms with van der Waals surface area (Å²) < 4.78 is 5.50. The lowest BCUT2D eigenvalue weighted by molar-refractivity contribution is -0.0132. The van der Waals surface area contributed by atoms with Crippen LogP contribution in [0.3, 0.4) is 0 Å². The Kier molecular flexibility index (Phi) is 3.52. The van der Waals surface area contributed by atoms with Gasteiger partial charge in [-0.25, -0.2) is 4.79 Å². The summed E-state index contributed by atoms with van der Waals surface area (Å²) in [6, 6.07) is 0. The molecule has 0 aliphatic carbocycles. The summed E-state index contributed by atoms with van der Waals surface area (Å²) in [5.41, 5.74) is -0.450. The zero-order valence-corrected chi connectivity index (χ0v) is 12.4. The number of carbonyl (C=O) groups excluding carboxylic acids is 1. The van der Waals surface area contributed by atoms with Crippen LogP contribution in [-0.4, -0.2) is 28.7 Å². The van der Waals surface area contributed by atoms with Gasteiger partial charge in [0.15, 0.2) is 0 Å². The second-order valence-electron chi connectivity index (χ2n) is 7.26. The molecular formula is C14H27NO2. The Balaban J connectivity index is 2.87. The van der Waals surface area contributed by atoms with Gasteiger partial charge in [-0.05, 0) is 46.0 Å². The second-order valence-corrected chi connectivity index (χ2v) is 7.26. The molecule has 1 amide bonds. The highest BCUT2D eigenvalue weighted by molar-refractivity contribution is 5.69. The van der Waals surface area contributed by atoms with E-state index in [2.05, 4.69) is 27.7 Å². The molecule has 0 unspecified atom stereocenters. The molecule has 1 aliphatic rings. The molecule has 1 rings (SSSR count). The van der Waals surface area contributed by atoms with Crippen molar-refractivity contribution >= 4 is 6.09 Å². The molecule has 0 aromatic carbocycles. The van der Waals surface area contributed by atoms with Crippen LogP contribution in [0.4, 0.5) is 4.79 Å². The first-order valence-corrected chi connectivity index (χ1v) is 6.48. The summed E-state index contributed by atoms with van der Waals surface area (Å²) in [6.07, 6.45) is 1.94. The predicted molar refractivity (Wildman–Crippen MR) is 70.0 cm³/mol. The summed E-state index contributed by atoms with van der Waals surface area (Å²) >= 11 is 0. The summed E-state index contributed by atoms with van der Waals surface area (Å²) in [4.78, 5) is 14.1. The third-order valence-electron chi connectivity index (χ3n) is 3.87. The molecule has 3 nitrogen and oxygen atoms in total. The second kappa shape index (κ2) is 4.18. The minimum atomic E-state index is -0.418. The van der Waals surface area contributed by atoms with Gasteiger partial charge in [-0.2, -0.15) is 0 Å². The first-order valence-electron chi connectivity index (χ1n) is 6.48. The predicted octanol–water partition coefficient (Wildman–Crippen LogP) is 3.82. The highest BCUT2D eigenvalue weighted by atomic mass is 16.6. The average Bonchev–Trinajstić information content (AvgIpc) is 2.43. The number of likely N-dealkylation sites (tertiary alicyclic amines) is 1. The maximum Gasteiger partial charge on any atom is 0.410 e. The zero-order chi connectivity index (χ0) is 13.5. The molecule has 0 radical (unpaired) electrons. The van der Waals surface area contributed by atoms with Gasteiger partial charge >= 0.3 is 6.09 Å². The van der Waals surface area contributed by atoms with E-state index in [4.69, 9.17) is 4.74 Å². The fraction of sp³-hybridized carbons (Fsp3) is 0.929. The molecule has 1 atom stereocenters. The molecule has 100 valence electrons. The van der Waals surface area contributed by atoms with Gasteiger partial charge in [-0.15, -0.1) is 0 Å². The van der Waals surface area contributed by atoms with Crippen molar-refractivity contribution in [3.05, 3.63) is 0 Å². The third kappa shape index (κ3) is 2.93. The number of hydrogen-bond donors (Lipinski definition) is 0. The highest BCUT2D eigenvalue weighted by Crippen LogP contribution is 2.43. The standard InChI is InChI=1S/C14H27NO2/c1-12(2,3)14(7)9-8-10-15(14)11(16)17-13(4,5)6/h8-10H2,1-7H3/t14-/m0/s1. The minimum absolute atomic E-state index is 0.0698. The van der Waals surface area contributed by atoms with Gasteiger partial charge in [0.1, 0.15) is 5.60 Å². The van der Waals surface area contributed by atoms with Crippen LogP contribution < -0.4 is 0 Å². The summed E-state index contributed by atoms with van der Waals surface area (Å²) in [5, 5.41) is 0. The molecule has 0 N–H and O–H groups in total. The normalized spacial score (nSPS) is 26.2. The van der Waals surface area contributed by atoms with Crippen molar-refractivity contribution in [1.82, 2.24) is 4.90 Å². The molecule has 1 fully saturated rings. The van der Waals surface area contributed by atoms with Crippen molar-refractivity contribution in [3.63, 3.8) is 0 Å². The minimum Gasteiger partial charge on any atom is -0.444 e. The van der Waals surface area contributed by atoms with E-state index in [1.807, 2.05) is 25.7 Å². The van der Waals surface area contributed by atoms with Crippen LogP contribution in [-0.2, 0) is 4.74 Å². The van der Waals surface area contributed by atoms with E-state index >= 15 is 0 Å². The molecule has 0 saturated carbocycles. The lowest BCUT2D eigenvalue weighted by Gasteiger charge is -2.45. The van der Waals surface area contributed by atoms with E-state index in [1.165, 1.54) is 0 Å². The van der Waals surface area contributed by atoms with Crippen molar-refractivity contribution in [2.45, 2.75) is 72.4 Å². The molecular weight excluding hydrogens is 214 g/mol. The third-order valence-corrected chi connectivity index (χ3v) is 3.87. The van der Waals surface area contributed by atoms with E-state index in [0.717, 1.165) is 19.4 Å². The average molecular weight is 241 g/mol. The monoisotopic (exact) mass is 241 g/mol. The van der Waals surface area contributed by atoms with Crippen LogP contribution in [0.5, 0.6) is 0 Å². The van der Waals surface area contributed by atoms with E-state index < -0.39 is 5.60 Å². The SMILES string of the molecule is CC(C)(C)OC(=O)N1CCC[C@@]1(C)C(C)(C)C. The van der Waals surface area contributed by atoms with Gasteiger partial charge in [0.25, 0.3) is 0 Å². The summed E-state index contributed by atoms with van der Waals surface area (Å²) in [7, 11) is 0. The highest BCUT2D eigenvalue weighted by Gasteiger charge is 2.48. The number of nitrogens with zero attached hydrogens (tertiary/aromatic N) is 1. The Morgan fingerprint density at radius 3 is 2.12 bits per heavy atom. The zero-order valence-electron chi connectivity index (χ0n) is 12.4. The number of amides is 1. The van der Waals surface area contributed by atoms with Crippen LogP contribution in [0.1, 0.15) is 61.3 Å².